The van der Waals surface area contributed by atoms with Gasteiger partial charge in [0.2, 0.25) is 0 Å². The second-order valence-corrected chi connectivity index (χ2v) is 4.72. The van der Waals surface area contributed by atoms with Crippen LogP contribution in [0.2, 0.25) is 5.15 Å². The van der Waals surface area contributed by atoms with Crippen molar-refractivity contribution in [2.45, 2.75) is 32.1 Å². The van der Waals surface area contributed by atoms with Crippen LogP contribution in [0, 0.1) is 5.41 Å². The van der Waals surface area contributed by atoms with Crippen molar-refractivity contribution in [3.05, 3.63) is 28.0 Å². The number of nitrogens with one attached hydrogen (secondary N) is 2. The molecule has 6 heteroatoms. The fourth-order valence-electron chi connectivity index (χ4n) is 2.13. The van der Waals surface area contributed by atoms with Crippen molar-refractivity contribution in [1.29, 1.82) is 5.41 Å². The van der Waals surface area contributed by atoms with Gasteiger partial charge >= 0.3 is 0 Å². The first-order valence-corrected chi connectivity index (χ1v) is 6.29. The van der Waals surface area contributed by atoms with Crippen LogP contribution in [0.3, 0.4) is 0 Å². The molecule has 1 heterocycles. The van der Waals surface area contributed by atoms with Crippen molar-refractivity contribution in [2.75, 3.05) is 0 Å². The van der Waals surface area contributed by atoms with Gasteiger partial charge in [-0.05, 0) is 37.3 Å². The molecule has 5 nitrogen and oxygen atoms in total. The van der Waals surface area contributed by atoms with E-state index in [1.807, 2.05) is 0 Å². The number of hydrogen-bond donors (Lipinski definition) is 3. The van der Waals surface area contributed by atoms with Crippen LogP contribution in [-0.2, 0) is 12.8 Å². The summed E-state index contributed by atoms with van der Waals surface area (Å²) in [5, 5.41) is 9.45. The quantitative estimate of drug-likeness (QED) is 0.312. The maximum absolute atomic E-state index is 11.8. The number of aromatic nitrogens is 1. The Labute approximate surface area is 110 Å². The van der Waals surface area contributed by atoms with Crippen molar-refractivity contribution in [2.24, 2.45) is 5.73 Å². The molecular formula is C12H15ClN4O. The summed E-state index contributed by atoms with van der Waals surface area (Å²) in [6.45, 7) is 0. The summed E-state index contributed by atoms with van der Waals surface area (Å²) >= 11 is 6.01. The van der Waals surface area contributed by atoms with Gasteiger partial charge in [-0.25, -0.2) is 4.98 Å². The topological polar surface area (TPSA) is 91.9 Å². The summed E-state index contributed by atoms with van der Waals surface area (Å²) in [7, 11) is 0. The lowest BCUT2D eigenvalue weighted by atomic mass is 10.1. The molecule has 0 atom stereocenters. The molecule has 0 bridgehead atoms. The number of carbonyl (C=O) groups is 1. The van der Waals surface area contributed by atoms with Crippen LogP contribution in [0.4, 0.5) is 0 Å². The maximum atomic E-state index is 11.8. The molecule has 1 amide bonds. The van der Waals surface area contributed by atoms with Crippen molar-refractivity contribution in [3.8, 4) is 0 Å². The third-order valence-corrected chi connectivity index (χ3v) is 3.29. The van der Waals surface area contributed by atoms with E-state index < -0.39 is 11.9 Å². The molecule has 0 unspecified atom stereocenters. The molecular weight excluding hydrogens is 252 g/mol. The van der Waals surface area contributed by atoms with Gasteiger partial charge in [0.25, 0.3) is 5.91 Å². The largest absolute Gasteiger partial charge is 0.370 e. The van der Waals surface area contributed by atoms with Gasteiger partial charge in [0.1, 0.15) is 5.15 Å². The average molecular weight is 267 g/mol. The van der Waals surface area contributed by atoms with Crippen LogP contribution in [0.15, 0.2) is 6.07 Å². The minimum atomic E-state index is -0.480. The highest BCUT2D eigenvalue weighted by Gasteiger charge is 2.17. The number of aryl methyl sites for hydroxylation is 2. The summed E-state index contributed by atoms with van der Waals surface area (Å²) in [5.41, 5.74) is 7.47. The fourth-order valence-corrected chi connectivity index (χ4v) is 2.38. The van der Waals surface area contributed by atoms with Crippen molar-refractivity contribution in [3.63, 3.8) is 0 Å². The van der Waals surface area contributed by atoms with E-state index in [9.17, 15) is 4.79 Å². The Kier molecular flexibility index (Phi) is 3.81. The fraction of sp³-hybridized carbons (Fsp3) is 0.417. The summed E-state index contributed by atoms with van der Waals surface area (Å²) < 4.78 is 0. The van der Waals surface area contributed by atoms with Crippen LogP contribution in [0.1, 0.15) is 40.9 Å². The summed E-state index contributed by atoms with van der Waals surface area (Å²) in [5.74, 6) is -0.877. The average Bonchev–Trinajstić information content (AvgIpc) is 2.51. The number of nitrogens with two attached hydrogens (primary N) is 1. The number of pyridine rings is 1. The molecule has 0 saturated carbocycles. The van der Waals surface area contributed by atoms with Crippen molar-refractivity contribution in [1.82, 2.24) is 10.3 Å². The van der Waals surface area contributed by atoms with E-state index in [1.165, 1.54) is 6.42 Å². The van der Waals surface area contributed by atoms with Crippen molar-refractivity contribution >= 4 is 23.5 Å². The van der Waals surface area contributed by atoms with Gasteiger partial charge in [-0.3, -0.25) is 15.5 Å². The minimum Gasteiger partial charge on any atom is -0.370 e. The monoisotopic (exact) mass is 266 g/mol. The molecule has 1 aliphatic carbocycles. The zero-order valence-corrected chi connectivity index (χ0v) is 10.7. The highest BCUT2D eigenvalue weighted by atomic mass is 35.5. The molecule has 0 aromatic carbocycles. The van der Waals surface area contributed by atoms with Crippen LogP contribution in [-0.4, -0.2) is 16.9 Å². The smallest absolute Gasteiger partial charge is 0.261 e. The summed E-state index contributed by atoms with van der Waals surface area (Å²) in [6, 6.07) is 1.77. The zero-order valence-electron chi connectivity index (χ0n) is 9.92. The molecule has 0 spiro atoms. The van der Waals surface area contributed by atoms with Gasteiger partial charge in [0.15, 0.2) is 5.96 Å². The number of fused-ring (bicyclic) bond motifs is 1. The molecule has 18 heavy (non-hydrogen) atoms. The Balaban J connectivity index is 2.34. The van der Waals surface area contributed by atoms with E-state index in [2.05, 4.69) is 10.3 Å². The molecule has 0 fully saturated rings. The van der Waals surface area contributed by atoms with E-state index in [-0.39, 0.29) is 10.7 Å². The summed E-state index contributed by atoms with van der Waals surface area (Å²) in [4.78, 5) is 16.1. The SMILES string of the molecule is N=C(N)NC(=O)c1cc2c(nc1Cl)CCCCC2. The van der Waals surface area contributed by atoms with Gasteiger partial charge in [-0.15, -0.1) is 0 Å². The van der Waals surface area contributed by atoms with E-state index in [4.69, 9.17) is 22.7 Å². The first-order valence-electron chi connectivity index (χ1n) is 5.91. The molecule has 0 aliphatic heterocycles. The number of halogens is 1. The predicted molar refractivity (Wildman–Crippen MR) is 69.9 cm³/mol. The Morgan fingerprint density at radius 1 is 1.39 bits per heavy atom. The van der Waals surface area contributed by atoms with Gasteiger partial charge in [0, 0.05) is 5.69 Å². The predicted octanol–water partition coefficient (Wildman–Crippen LogP) is 1.63. The Bertz CT molecular complexity index is 501. The number of rotatable bonds is 1. The van der Waals surface area contributed by atoms with E-state index in [0.29, 0.717) is 0 Å². The van der Waals surface area contributed by atoms with E-state index in [1.54, 1.807) is 6.07 Å². The Morgan fingerprint density at radius 3 is 2.83 bits per heavy atom. The molecule has 2 rings (SSSR count). The number of hydrogen-bond acceptors (Lipinski definition) is 3. The lowest BCUT2D eigenvalue weighted by Gasteiger charge is -2.10. The van der Waals surface area contributed by atoms with E-state index >= 15 is 0 Å². The zero-order chi connectivity index (χ0) is 13.1. The standard InChI is InChI=1S/C12H15ClN4O/c13-10-8(11(18)17-12(14)15)6-7-4-2-1-3-5-9(7)16-10/h6H,1-5H2,(H4,14,15,17,18). The van der Waals surface area contributed by atoms with Crippen molar-refractivity contribution < 1.29 is 4.79 Å². The van der Waals surface area contributed by atoms with Gasteiger partial charge in [-0.2, -0.15) is 0 Å². The van der Waals surface area contributed by atoms with Crippen LogP contribution < -0.4 is 11.1 Å². The maximum Gasteiger partial charge on any atom is 0.261 e. The van der Waals surface area contributed by atoms with Crippen LogP contribution >= 0.6 is 11.6 Å². The first-order chi connectivity index (χ1) is 8.58. The summed E-state index contributed by atoms with van der Waals surface area (Å²) in [6.07, 6.45) is 5.20. The number of nitrogens with zero attached hydrogens (tertiary/aromatic N) is 1. The minimum absolute atomic E-state index is 0.175. The van der Waals surface area contributed by atoms with Gasteiger partial charge < -0.3 is 5.73 Å². The molecule has 1 aromatic rings. The molecule has 96 valence electrons. The normalized spacial score (nSPS) is 14.5. The lowest BCUT2D eigenvalue weighted by molar-refractivity contribution is 0.0976. The second kappa shape index (κ2) is 5.35. The lowest BCUT2D eigenvalue weighted by Crippen LogP contribution is -2.36. The third-order valence-electron chi connectivity index (χ3n) is 3.00. The molecule has 1 aromatic heterocycles. The number of amides is 1. The molecule has 0 saturated heterocycles. The highest BCUT2D eigenvalue weighted by Crippen LogP contribution is 2.24. The third kappa shape index (κ3) is 2.79. The number of carbonyl (C=O) groups excluding carboxylic acids is 1. The Hall–Kier alpha value is -1.62. The van der Waals surface area contributed by atoms with Crippen LogP contribution in [0.5, 0.6) is 0 Å². The Morgan fingerprint density at radius 2 is 2.11 bits per heavy atom. The second-order valence-electron chi connectivity index (χ2n) is 4.36. The first kappa shape index (κ1) is 12.8. The molecule has 4 N–H and O–H groups in total. The van der Waals surface area contributed by atoms with E-state index in [0.717, 1.165) is 36.9 Å². The molecule has 0 radical (unpaired) electrons. The molecule has 1 aliphatic rings. The van der Waals surface area contributed by atoms with Gasteiger partial charge in [-0.1, -0.05) is 18.0 Å². The number of guanidine groups is 1. The van der Waals surface area contributed by atoms with Crippen LogP contribution in [0.25, 0.3) is 0 Å². The van der Waals surface area contributed by atoms with Gasteiger partial charge in [0.05, 0.1) is 5.56 Å². The highest BCUT2D eigenvalue weighted by molar-refractivity contribution is 6.33.